The molecule has 2 aliphatic rings. The van der Waals surface area contributed by atoms with Crippen LogP contribution in [0.5, 0.6) is 0 Å². The number of nitrogens with two attached hydrogens (primary N) is 1. The normalized spacial score (nSPS) is 14.6. The quantitative estimate of drug-likeness (QED) is 0.258. The second-order valence-corrected chi connectivity index (χ2v) is 10.6. The molecule has 1 saturated carbocycles. The summed E-state index contributed by atoms with van der Waals surface area (Å²) < 4.78 is 2.12. The van der Waals surface area contributed by atoms with Crippen LogP contribution in [0.4, 0.5) is 17.3 Å². The fourth-order valence-corrected chi connectivity index (χ4v) is 5.65. The van der Waals surface area contributed by atoms with E-state index in [0.29, 0.717) is 11.5 Å². The smallest absolute Gasteiger partial charge is 0.231 e. The lowest BCUT2D eigenvalue weighted by Gasteiger charge is -2.38. The highest BCUT2D eigenvalue weighted by Crippen LogP contribution is 2.43. The number of amides is 1. The van der Waals surface area contributed by atoms with Gasteiger partial charge in [0.05, 0.1) is 29.2 Å². The highest BCUT2D eigenvalue weighted by molar-refractivity contribution is 5.93. The second kappa shape index (κ2) is 9.43. The number of nitrogens with one attached hydrogen (secondary N) is 2. The molecule has 0 radical (unpaired) electrons. The Bertz CT molecular complexity index is 1750. The first-order chi connectivity index (χ1) is 19.5. The van der Waals surface area contributed by atoms with E-state index in [2.05, 4.69) is 49.4 Å². The Morgan fingerprint density at radius 3 is 2.60 bits per heavy atom. The third-order valence-corrected chi connectivity index (χ3v) is 7.86. The van der Waals surface area contributed by atoms with Gasteiger partial charge >= 0.3 is 0 Å². The summed E-state index contributed by atoms with van der Waals surface area (Å²) in [5.74, 6) is 1.81. The number of carbonyl (C=O) groups is 1. The maximum atomic E-state index is 13.3. The Hall–Kier alpha value is -4.82. The van der Waals surface area contributed by atoms with Crippen LogP contribution in [-0.4, -0.2) is 25.4 Å². The molecule has 4 heterocycles. The Morgan fingerprint density at radius 2 is 1.82 bits per heavy atom. The summed E-state index contributed by atoms with van der Waals surface area (Å²) in [6.45, 7) is 1.90. The number of para-hydroxylation sites is 1. The van der Waals surface area contributed by atoms with E-state index < -0.39 is 0 Å². The van der Waals surface area contributed by atoms with Crippen molar-refractivity contribution in [1.29, 1.82) is 0 Å². The average molecular weight is 528 g/mol. The van der Waals surface area contributed by atoms with Gasteiger partial charge in [-0.3, -0.25) is 9.36 Å². The standard InChI is InChI=1S/C32H29N7O/c1-20-7-4-11-27(35-20)38-28(40)19-25-29(21-12-14-22(15-13-21)32(33)16-6-17-32)39-26-10-5-18-34-30(26)36-24-9-3-2-8-23(24)31(39)37-25/h2-5,7-15,18H,6,16-17,19,33H2,1H3,(H,34,36)(H,35,38,40). The monoisotopic (exact) mass is 527 g/mol. The van der Waals surface area contributed by atoms with Gasteiger partial charge in [-0.05, 0) is 68.1 Å². The van der Waals surface area contributed by atoms with Gasteiger partial charge in [-0.15, -0.1) is 0 Å². The minimum Gasteiger partial charge on any atom is -0.338 e. The molecule has 0 saturated heterocycles. The molecule has 0 atom stereocenters. The lowest BCUT2D eigenvalue weighted by atomic mass is 9.72. The maximum absolute atomic E-state index is 13.3. The predicted octanol–water partition coefficient (Wildman–Crippen LogP) is 5.88. The zero-order chi connectivity index (χ0) is 27.3. The molecular formula is C32H29N7O. The van der Waals surface area contributed by atoms with Crippen molar-refractivity contribution in [1.82, 2.24) is 19.5 Å². The van der Waals surface area contributed by atoms with E-state index in [0.717, 1.165) is 70.4 Å². The van der Waals surface area contributed by atoms with E-state index in [9.17, 15) is 4.79 Å². The van der Waals surface area contributed by atoms with Crippen LogP contribution in [0.1, 0.15) is 36.2 Å². The van der Waals surface area contributed by atoms with Crippen LogP contribution in [0.15, 0.2) is 85.1 Å². The van der Waals surface area contributed by atoms with Crippen molar-refractivity contribution >= 4 is 23.2 Å². The average Bonchev–Trinajstić information content (AvgIpc) is 3.24. The molecule has 1 amide bonds. The van der Waals surface area contributed by atoms with Crippen molar-refractivity contribution in [3.63, 3.8) is 0 Å². The number of nitrogens with zero attached hydrogens (tertiary/aromatic N) is 4. The van der Waals surface area contributed by atoms with E-state index >= 15 is 0 Å². The molecule has 1 fully saturated rings. The van der Waals surface area contributed by atoms with E-state index in [1.54, 1.807) is 12.3 Å². The summed E-state index contributed by atoms with van der Waals surface area (Å²) in [6.07, 6.45) is 4.99. The zero-order valence-electron chi connectivity index (χ0n) is 22.2. The number of rotatable bonds is 5. The van der Waals surface area contributed by atoms with Gasteiger partial charge in [-0.2, -0.15) is 0 Å². The van der Waals surface area contributed by atoms with Crippen molar-refractivity contribution < 1.29 is 4.79 Å². The number of hydrogen-bond donors (Lipinski definition) is 3. The van der Waals surface area contributed by atoms with Crippen LogP contribution in [-0.2, 0) is 16.8 Å². The van der Waals surface area contributed by atoms with E-state index in [1.165, 1.54) is 0 Å². The van der Waals surface area contributed by atoms with Gasteiger partial charge in [0, 0.05) is 28.6 Å². The molecule has 3 aromatic heterocycles. The SMILES string of the molecule is Cc1cccc(NC(=O)Cc2nc3n(c2-c2ccc(C4(N)CCC4)cc2)-c2cccnc2Nc2ccccc2-3)n1. The Morgan fingerprint density at radius 1 is 1.00 bits per heavy atom. The number of pyridine rings is 2. The number of carbonyl (C=O) groups excluding carboxylic acids is 1. The van der Waals surface area contributed by atoms with Crippen molar-refractivity contribution in [3.05, 3.63) is 102 Å². The molecule has 0 spiro atoms. The highest BCUT2D eigenvalue weighted by atomic mass is 16.1. The topological polar surface area (TPSA) is 111 Å². The minimum atomic E-state index is -0.254. The molecule has 40 heavy (non-hydrogen) atoms. The molecule has 0 bridgehead atoms. The van der Waals surface area contributed by atoms with Crippen LogP contribution in [0.2, 0.25) is 0 Å². The van der Waals surface area contributed by atoms with E-state index in [4.69, 9.17) is 10.7 Å². The molecule has 0 unspecified atom stereocenters. The van der Waals surface area contributed by atoms with Gasteiger partial charge in [-0.25, -0.2) is 15.0 Å². The zero-order valence-corrected chi connectivity index (χ0v) is 22.2. The molecule has 8 nitrogen and oxygen atoms in total. The second-order valence-electron chi connectivity index (χ2n) is 10.6. The van der Waals surface area contributed by atoms with Crippen LogP contribution in [0, 0.1) is 6.92 Å². The molecule has 198 valence electrons. The van der Waals surface area contributed by atoms with Crippen LogP contribution in [0.25, 0.3) is 28.3 Å². The molecular weight excluding hydrogens is 498 g/mol. The Balaban J connectivity index is 1.39. The largest absolute Gasteiger partial charge is 0.338 e. The third-order valence-electron chi connectivity index (χ3n) is 7.86. The number of fused-ring (bicyclic) bond motifs is 5. The van der Waals surface area contributed by atoms with Crippen molar-refractivity contribution in [2.75, 3.05) is 10.6 Å². The van der Waals surface area contributed by atoms with Crippen LogP contribution < -0.4 is 16.4 Å². The molecule has 7 rings (SSSR count). The van der Waals surface area contributed by atoms with Gasteiger partial charge in [0.15, 0.2) is 5.82 Å². The predicted molar refractivity (Wildman–Crippen MR) is 157 cm³/mol. The summed E-state index contributed by atoms with van der Waals surface area (Å²) in [5, 5.41) is 6.43. The number of aryl methyl sites for hydroxylation is 1. The number of anilines is 3. The van der Waals surface area contributed by atoms with Crippen LogP contribution in [0.3, 0.4) is 0 Å². The van der Waals surface area contributed by atoms with Gasteiger partial charge in [-0.1, -0.05) is 42.5 Å². The number of hydrogen-bond acceptors (Lipinski definition) is 6. The van der Waals surface area contributed by atoms with Crippen molar-refractivity contribution in [2.45, 2.75) is 38.1 Å². The van der Waals surface area contributed by atoms with Gasteiger partial charge in [0.2, 0.25) is 5.91 Å². The number of imidazole rings is 1. The first-order valence-corrected chi connectivity index (χ1v) is 13.6. The number of aromatic nitrogens is 4. The third kappa shape index (κ3) is 4.13. The fourth-order valence-electron chi connectivity index (χ4n) is 5.65. The maximum Gasteiger partial charge on any atom is 0.231 e. The minimum absolute atomic E-state index is 0.0821. The Kier molecular flexibility index (Phi) is 5.71. The summed E-state index contributed by atoms with van der Waals surface area (Å²) in [7, 11) is 0. The van der Waals surface area contributed by atoms with E-state index in [-0.39, 0.29) is 17.9 Å². The summed E-state index contributed by atoms with van der Waals surface area (Å²) in [5.41, 5.74) is 13.5. The fraction of sp³-hybridized carbons (Fsp3) is 0.188. The molecule has 1 aliphatic heterocycles. The van der Waals surface area contributed by atoms with Gasteiger partial charge in [0.25, 0.3) is 0 Å². The lowest BCUT2D eigenvalue weighted by molar-refractivity contribution is -0.115. The molecule has 4 N–H and O–H groups in total. The summed E-state index contributed by atoms with van der Waals surface area (Å²) in [6, 6.07) is 25.9. The molecule has 5 aromatic rings. The first-order valence-electron chi connectivity index (χ1n) is 13.6. The lowest BCUT2D eigenvalue weighted by Crippen LogP contribution is -2.43. The van der Waals surface area contributed by atoms with Gasteiger partial charge < -0.3 is 16.4 Å². The first kappa shape index (κ1) is 24.2. The summed E-state index contributed by atoms with van der Waals surface area (Å²) in [4.78, 5) is 27.5. The molecule has 2 aromatic carbocycles. The molecule has 1 aliphatic carbocycles. The van der Waals surface area contributed by atoms with Crippen molar-refractivity contribution in [2.24, 2.45) is 5.73 Å². The Labute approximate surface area is 232 Å². The highest BCUT2D eigenvalue weighted by Gasteiger charge is 2.34. The number of benzene rings is 2. The molecule has 8 heteroatoms. The van der Waals surface area contributed by atoms with E-state index in [1.807, 2.05) is 55.5 Å². The van der Waals surface area contributed by atoms with Crippen LogP contribution >= 0.6 is 0 Å². The van der Waals surface area contributed by atoms with Gasteiger partial charge in [0.1, 0.15) is 11.6 Å². The van der Waals surface area contributed by atoms with Crippen molar-refractivity contribution in [3.8, 4) is 28.3 Å². The summed E-state index contributed by atoms with van der Waals surface area (Å²) >= 11 is 0.